The average molecular weight is 234 g/mol. The van der Waals surface area contributed by atoms with Crippen LogP contribution in [-0.4, -0.2) is 19.1 Å². The lowest BCUT2D eigenvalue weighted by Crippen LogP contribution is -2.36. The molecule has 1 atom stereocenters. The van der Waals surface area contributed by atoms with Crippen molar-refractivity contribution in [3.8, 4) is 0 Å². The van der Waals surface area contributed by atoms with E-state index in [1.54, 1.807) is 0 Å². The van der Waals surface area contributed by atoms with E-state index in [4.69, 9.17) is 0 Å². The Hall–Kier alpha value is -0.860. The lowest BCUT2D eigenvalue weighted by Gasteiger charge is -2.17. The molecule has 0 aliphatic heterocycles. The normalized spacial score (nSPS) is 12.7. The van der Waals surface area contributed by atoms with Gasteiger partial charge in [-0.05, 0) is 50.4 Å². The van der Waals surface area contributed by atoms with E-state index in [1.165, 1.54) is 23.1 Å². The zero-order valence-electron chi connectivity index (χ0n) is 11.6. The molecule has 96 valence electrons. The maximum Gasteiger partial charge on any atom is 0.0213 e. The number of benzene rings is 1. The lowest BCUT2D eigenvalue weighted by atomic mass is 10.0. The van der Waals surface area contributed by atoms with Gasteiger partial charge >= 0.3 is 0 Å². The first kappa shape index (κ1) is 14.2. The van der Waals surface area contributed by atoms with Crippen molar-refractivity contribution in [2.24, 2.45) is 0 Å². The molecule has 0 amide bonds. The van der Waals surface area contributed by atoms with Crippen LogP contribution in [-0.2, 0) is 6.54 Å². The van der Waals surface area contributed by atoms with Crippen LogP contribution in [0.15, 0.2) is 18.2 Å². The quantitative estimate of drug-likeness (QED) is 0.709. The van der Waals surface area contributed by atoms with E-state index >= 15 is 0 Å². The molecule has 0 aliphatic carbocycles. The smallest absolute Gasteiger partial charge is 0.0213 e. The molecule has 1 aromatic rings. The molecule has 17 heavy (non-hydrogen) atoms. The Morgan fingerprint density at radius 2 is 1.82 bits per heavy atom. The molecule has 0 bridgehead atoms. The van der Waals surface area contributed by atoms with Gasteiger partial charge in [-0.1, -0.05) is 25.1 Å². The predicted octanol–water partition coefficient (Wildman–Crippen LogP) is 2.78. The highest BCUT2D eigenvalue weighted by Crippen LogP contribution is 2.12. The van der Waals surface area contributed by atoms with Gasteiger partial charge in [0.2, 0.25) is 0 Å². The first-order valence-corrected chi connectivity index (χ1v) is 6.64. The highest BCUT2D eigenvalue weighted by molar-refractivity contribution is 5.33. The summed E-state index contributed by atoms with van der Waals surface area (Å²) < 4.78 is 0. The number of hydrogen-bond acceptors (Lipinski definition) is 2. The van der Waals surface area contributed by atoms with Gasteiger partial charge in [-0.15, -0.1) is 0 Å². The van der Waals surface area contributed by atoms with Crippen molar-refractivity contribution in [3.05, 3.63) is 34.9 Å². The minimum absolute atomic E-state index is 0.514. The average Bonchev–Trinajstić information content (AvgIpc) is 2.29. The van der Waals surface area contributed by atoms with Gasteiger partial charge in [0.05, 0.1) is 0 Å². The molecule has 1 rings (SSSR count). The summed E-state index contributed by atoms with van der Waals surface area (Å²) in [7, 11) is 0. The highest BCUT2D eigenvalue weighted by Gasteiger charge is 2.04. The Kier molecular flexibility index (Phi) is 6.23. The van der Waals surface area contributed by atoms with Crippen LogP contribution in [0.4, 0.5) is 0 Å². The molecule has 2 heteroatoms. The predicted molar refractivity (Wildman–Crippen MR) is 75.4 cm³/mol. The van der Waals surface area contributed by atoms with Gasteiger partial charge in [-0.2, -0.15) is 0 Å². The Balaban J connectivity index is 2.39. The summed E-state index contributed by atoms with van der Waals surface area (Å²) in [4.78, 5) is 0. The molecular formula is C15H26N2. The minimum Gasteiger partial charge on any atom is -0.315 e. The van der Waals surface area contributed by atoms with Crippen molar-refractivity contribution in [3.63, 3.8) is 0 Å². The van der Waals surface area contributed by atoms with Crippen LogP contribution in [0.1, 0.15) is 37.0 Å². The Labute approximate surface area is 106 Å². The zero-order chi connectivity index (χ0) is 12.7. The van der Waals surface area contributed by atoms with Gasteiger partial charge in [0.25, 0.3) is 0 Å². The van der Waals surface area contributed by atoms with E-state index in [2.05, 4.69) is 56.5 Å². The maximum atomic E-state index is 3.58. The second-order valence-electron chi connectivity index (χ2n) is 4.86. The standard InChI is InChI=1S/C15H26N2/c1-5-9-16-10-14(4)17-11-15-12(2)7-6-8-13(15)3/h6-8,14,16-17H,5,9-11H2,1-4H3. The molecule has 0 spiro atoms. The van der Waals surface area contributed by atoms with Crippen LogP contribution in [0.2, 0.25) is 0 Å². The SMILES string of the molecule is CCCNCC(C)NCc1c(C)cccc1C. The van der Waals surface area contributed by atoms with Crippen LogP contribution < -0.4 is 10.6 Å². The van der Waals surface area contributed by atoms with Gasteiger partial charge in [-0.3, -0.25) is 0 Å². The Morgan fingerprint density at radius 1 is 1.18 bits per heavy atom. The van der Waals surface area contributed by atoms with Gasteiger partial charge in [0.1, 0.15) is 0 Å². The van der Waals surface area contributed by atoms with E-state index in [0.717, 1.165) is 19.6 Å². The first-order valence-electron chi connectivity index (χ1n) is 6.64. The molecule has 2 N–H and O–H groups in total. The van der Waals surface area contributed by atoms with Gasteiger partial charge in [0, 0.05) is 19.1 Å². The Morgan fingerprint density at radius 3 is 2.41 bits per heavy atom. The fraction of sp³-hybridized carbons (Fsp3) is 0.600. The summed E-state index contributed by atoms with van der Waals surface area (Å²) in [6, 6.07) is 7.01. The largest absolute Gasteiger partial charge is 0.315 e. The molecule has 0 radical (unpaired) electrons. The summed E-state index contributed by atoms with van der Waals surface area (Å²) in [5.74, 6) is 0. The van der Waals surface area contributed by atoms with Crippen molar-refractivity contribution >= 4 is 0 Å². The fourth-order valence-corrected chi connectivity index (χ4v) is 1.97. The minimum atomic E-state index is 0.514. The fourth-order valence-electron chi connectivity index (χ4n) is 1.97. The van der Waals surface area contributed by atoms with Crippen LogP contribution >= 0.6 is 0 Å². The third-order valence-corrected chi connectivity index (χ3v) is 3.15. The highest BCUT2D eigenvalue weighted by atomic mass is 15.0. The number of aryl methyl sites for hydroxylation is 2. The van der Waals surface area contributed by atoms with Crippen molar-refractivity contribution in [2.45, 2.75) is 46.7 Å². The molecule has 2 nitrogen and oxygen atoms in total. The monoisotopic (exact) mass is 234 g/mol. The summed E-state index contributed by atoms with van der Waals surface area (Å²) in [5.41, 5.74) is 4.20. The van der Waals surface area contributed by atoms with Gasteiger partial charge in [-0.25, -0.2) is 0 Å². The van der Waals surface area contributed by atoms with Crippen molar-refractivity contribution in [1.29, 1.82) is 0 Å². The maximum absolute atomic E-state index is 3.58. The molecule has 1 aromatic carbocycles. The first-order chi connectivity index (χ1) is 8.15. The number of nitrogens with one attached hydrogen (secondary N) is 2. The molecule has 0 heterocycles. The van der Waals surface area contributed by atoms with E-state index in [0.29, 0.717) is 6.04 Å². The van der Waals surface area contributed by atoms with Crippen LogP contribution in [0.25, 0.3) is 0 Å². The molecular weight excluding hydrogens is 208 g/mol. The Bertz CT molecular complexity index is 313. The van der Waals surface area contributed by atoms with Crippen LogP contribution in [0, 0.1) is 13.8 Å². The second kappa shape index (κ2) is 7.46. The second-order valence-corrected chi connectivity index (χ2v) is 4.86. The molecule has 0 saturated heterocycles. The van der Waals surface area contributed by atoms with Crippen molar-refractivity contribution < 1.29 is 0 Å². The van der Waals surface area contributed by atoms with Gasteiger partial charge < -0.3 is 10.6 Å². The van der Waals surface area contributed by atoms with Crippen LogP contribution in [0.5, 0.6) is 0 Å². The summed E-state index contributed by atoms with van der Waals surface area (Å²) in [6.45, 7) is 11.9. The molecule has 0 fully saturated rings. The molecule has 0 aliphatic rings. The van der Waals surface area contributed by atoms with E-state index in [9.17, 15) is 0 Å². The lowest BCUT2D eigenvalue weighted by molar-refractivity contribution is 0.500. The number of rotatable bonds is 7. The number of hydrogen-bond donors (Lipinski definition) is 2. The summed E-state index contributed by atoms with van der Waals surface area (Å²) >= 11 is 0. The van der Waals surface area contributed by atoms with E-state index in [-0.39, 0.29) is 0 Å². The van der Waals surface area contributed by atoms with Crippen molar-refractivity contribution in [2.75, 3.05) is 13.1 Å². The van der Waals surface area contributed by atoms with Crippen molar-refractivity contribution in [1.82, 2.24) is 10.6 Å². The van der Waals surface area contributed by atoms with E-state index in [1.807, 2.05) is 0 Å². The molecule has 1 unspecified atom stereocenters. The zero-order valence-corrected chi connectivity index (χ0v) is 11.6. The topological polar surface area (TPSA) is 24.1 Å². The third kappa shape index (κ3) is 4.88. The molecule has 0 aromatic heterocycles. The van der Waals surface area contributed by atoms with E-state index < -0.39 is 0 Å². The van der Waals surface area contributed by atoms with Crippen LogP contribution in [0.3, 0.4) is 0 Å². The van der Waals surface area contributed by atoms with Gasteiger partial charge in [0.15, 0.2) is 0 Å². The summed E-state index contributed by atoms with van der Waals surface area (Å²) in [5, 5.41) is 7.01. The molecule has 0 saturated carbocycles. The third-order valence-electron chi connectivity index (χ3n) is 3.15. The summed E-state index contributed by atoms with van der Waals surface area (Å²) in [6.07, 6.45) is 1.20.